The number of carbonyl (C=O) groups excluding carboxylic acids is 1. The monoisotopic (exact) mass is 363 g/mol. The SMILES string of the molecule is CCCOc1ccc(C(=O)NCCSCc2ccc(Cl)cc2)cc1. The summed E-state index contributed by atoms with van der Waals surface area (Å²) in [6, 6.07) is 15.1. The van der Waals surface area contributed by atoms with Gasteiger partial charge in [0.15, 0.2) is 0 Å². The average molecular weight is 364 g/mol. The summed E-state index contributed by atoms with van der Waals surface area (Å²) in [5.74, 6) is 2.53. The number of rotatable bonds is 9. The number of thioether (sulfide) groups is 1. The van der Waals surface area contributed by atoms with E-state index in [0.29, 0.717) is 18.7 Å². The van der Waals surface area contributed by atoms with E-state index in [1.807, 2.05) is 36.4 Å². The van der Waals surface area contributed by atoms with E-state index in [1.54, 1.807) is 23.9 Å². The minimum Gasteiger partial charge on any atom is -0.494 e. The molecule has 128 valence electrons. The molecular weight excluding hydrogens is 342 g/mol. The molecule has 0 aromatic heterocycles. The molecule has 0 atom stereocenters. The zero-order valence-corrected chi connectivity index (χ0v) is 15.3. The molecule has 2 aromatic carbocycles. The minimum atomic E-state index is -0.0517. The van der Waals surface area contributed by atoms with Crippen LogP contribution >= 0.6 is 23.4 Å². The van der Waals surface area contributed by atoms with E-state index in [9.17, 15) is 4.79 Å². The van der Waals surface area contributed by atoms with Gasteiger partial charge in [0.2, 0.25) is 0 Å². The second-order valence-corrected chi connectivity index (χ2v) is 6.85. The molecule has 0 spiro atoms. The first-order chi connectivity index (χ1) is 11.7. The molecule has 2 rings (SSSR count). The maximum Gasteiger partial charge on any atom is 0.251 e. The molecule has 3 nitrogen and oxygen atoms in total. The van der Waals surface area contributed by atoms with Crippen molar-refractivity contribution in [3.05, 3.63) is 64.7 Å². The Hall–Kier alpha value is -1.65. The van der Waals surface area contributed by atoms with Crippen LogP contribution in [-0.4, -0.2) is 24.8 Å². The van der Waals surface area contributed by atoms with Crippen molar-refractivity contribution in [3.63, 3.8) is 0 Å². The fraction of sp³-hybridized carbons (Fsp3) is 0.316. The molecule has 0 heterocycles. The molecule has 0 saturated carbocycles. The van der Waals surface area contributed by atoms with E-state index < -0.39 is 0 Å². The van der Waals surface area contributed by atoms with Gasteiger partial charge in [0.1, 0.15) is 5.75 Å². The topological polar surface area (TPSA) is 38.3 Å². The van der Waals surface area contributed by atoms with Gasteiger partial charge < -0.3 is 10.1 Å². The highest BCUT2D eigenvalue weighted by molar-refractivity contribution is 7.98. The third-order valence-corrected chi connectivity index (χ3v) is 4.59. The summed E-state index contributed by atoms with van der Waals surface area (Å²) in [4.78, 5) is 12.1. The lowest BCUT2D eigenvalue weighted by Gasteiger charge is -2.07. The third-order valence-electron chi connectivity index (χ3n) is 3.30. The number of carbonyl (C=O) groups is 1. The highest BCUT2D eigenvalue weighted by atomic mass is 35.5. The summed E-state index contributed by atoms with van der Waals surface area (Å²) in [6.45, 7) is 3.40. The van der Waals surface area contributed by atoms with Crippen molar-refractivity contribution < 1.29 is 9.53 Å². The van der Waals surface area contributed by atoms with Crippen LogP contribution < -0.4 is 10.1 Å². The maximum atomic E-state index is 12.1. The van der Waals surface area contributed by atoms with E-state index in [1.165, 1.54) is 5.56 Å². The van der Waals surface area contributed by atoms with Crippen LogP contribution in [0.4, 0.5) is 0 Å². The summed E-state index contributed by atoms with van der Waals surface area (Å²) >= 11 is 7.64. The van der Waals surface area contributed by atoms with Gasteiger partial charge in [-0.2, -0.15) is 11.8 Å². The van der Waals surface area contributed by atoms with Crippen LogP contribution in [0.1, 0.15) is 29.3 Å². The number of nitrogens with one attached hydrogen (secondary N) is 1. The summed E-state index contributed by atoms with van der Waals surface area (Å²) in [6.07, 6.45) is 0.968. The molecule has 1 N–H and O–H groups in total. The average Bonchev–Trinajstić information content (AvgIpc) is 2.61. The number of hydrogen-bond donors (Lipinski definition) is 1. The lowest BCUT2D eigenvalue weighted by Crippen LogP contribution is -2.25. The second kappa shape index (κ2) is 10.3. The predicted octanol–water partition coefficient (Wildman–Crippen LogP) is 4.79. The Morgan fingerprint density at radius 1 is 1.12 bits per heavy atom. The van der Waals surface area contributed by atoms with Gasteiger partial charge in [-0.05, 0) is 48.4 Å². The number of ether oxygens (including phenoxy) is 1. The molecule has 0 radical (unpaired) electrons. The minimum absolute atomic E-state index is 0.0517. The standard InChI is InChI=1S/C19H22ClNO2S/c1-2-12-23-18-9-5-16(6-10-18)19(22)21-11-13-24-14-15-3-7-17(20)8-4-15/h3-10H,2,11-14H2,1H3,(H,21,22). The Morgan fingerprint density at radius 3 is 2.50 bits per heavy atom. The normalized spacial score (nSPS) is 10.4. The van der Waals surface area contributed by atoms with Crippen LogP contribution in [0.3, 0.4) is 0 Å². The number of amides is 1. The van der Waals surface area contributed by atoms with E-state index in [-0.39, 0.29) is 5.91 Å². The number of hydrogen-bond acceptors (Lipinski definition) is 3. The van der Waals surface area contributed by atoms with Gasteiger partial charge in [0.05, 0.1) is 6.61 Å². The van der Waals surface area contributed by atoms with Crippen molar-refractivity contribution in [1.82, 2.24) is 5.32 Å². The summed E-state index contributed by atoms with van der Waals surface area (Å²) < 4.78 is 5.51. The van der Waals surface area contributed by atoms with Crippen LogP contribution in [0, 0.1) is 0 Å². The third kappa shape index (κ3) is 6.46. The largest absolute Gasteiger partial charge is 0.494 e. The van der Waals surface area contributed by atoms with Gasteiger partial charge in [0, 0.05) is 28.6 Å². The Balaban J connectivity index is 1.66. The lowest BCUT2D eigenvalue weighted by molar-refractivity contribution is 0.0956. The molecule has 0 bridgehead atoms. The lowest BCUT2D eigenvalue weighted by atomic mass is 10.2. The highest BCUT2D eigenvalue weighted by Gasteiger charge is 2.05. The van der Waals surface area contributed by atoms with Crippen molar-refractivity contribution in [3.8, 4) is 5.75 Å². The van der Waals surface area contributed by atoms with Crippen LogP contribution in [-0.2, 0) is 5.75 Å². The quantitative estimate of drug-likeness (QED) is 0.651. The van der Waals surface area contributed by atoms with E-state index in [4.69, 9.17) is 16.3 Å². The molecular formula is C19H22ClNO2S. The molecule has 1 amide bonds. The van der Waals surface area contributed by atoms with Crippen molar-refractivity contribution in [2.24, 2.45) is 0 Å². The van der Waals surface area contributed by atoms with Crippen molar-refractivity contribution in [1.29, 1.82) is 0 Å². The fourth-order valence-electron chi connectivity index (χ4n) is 2.03. The smallest absolute Gasteiger partial charge is 0.251 e. The Bertz CT molecular complexity index is 629. The highest BCUT2D eigenvalue weighted by Crippen LogP contribution is 2.15. The number of benzene rings is 2. The van der Waals surface area contributed by atoms with Crippen LogP contribution in [0.5, 0.6) is 5.75 Å². The molecule has 0 fully saturated rings. The zero-order chi connectivity index (χ0) is 17.2. The second-order valence-electron chi connectivity index (χ2n) is 5.31. The van der Waals surface area contributed by atoms with E-state index in [0.717, 1.165) is 28.7 Å². The first-order valence-corrected chi connectivity index (χ1v) is 9.55. The molecule has 5 heteroatoms. The van der Waals surface area contributed by atoms with Crippen molar-refractivity contribution in [2.45, 2.75) is 19.1 Å². The Labute approximate surface area is 152 Å². The van der Waals surface area contributed by atoms with Crippen LogP contribution in [0.15, 0.2) is 48.5 Å². The van der Waals surface area contributed by atoms with E-state index in [2.05, 4.69) is 12.2 Å². The van der Waals surface area contributed by atoms with Gasteiger partial charge in [-0.1, -0.05) is 30.7 Å². The molecule has 0 unspecified atom stereocenters. The zero-order valence-electron chi connectivity index (χ0n) is 13.8. The Morgan fingerprint density at radius 2 is 1.83 bits per heavy atom. The van der Waals surface area contributed by atoms with Crippen molar-refractivity contribution in [2.75, 3.05) is 18.9 Å². The van der Waals surface area contributed by atoms with Gasteiger partial charge in [-0.25, -0.2) is 0 Å². The predicted molar refractivity (Wildman–Crippen MR) is 102 cm³/mol. The summed E-state index contributed by atoms with van der Waals surface area (Å²) in [7, 11) is 0. The molecule has 0 aliphatic carbocycles. The molecule has 0 aliphatic rings. The Kier molecular flexibility index (Phi) is 7.99. The molecule has 0 aliphatic heterocycles. The molecule has 24 heavy (non-hydrogen) atoms. The number of halogens is 1. The first kappa shape index (κ1) is 18.7. The van der Waals surface area contributed by atoms with Gasteiger partial charge in [-0.15, -0.1) is 0 Å². The van der Waals surface area contributed by atoms with Gasteiger partial charge >= 0.3 is 0 Å². The van der Waals surface area contributed by atoms with Gasteiger partial charge in [-0.3, -0.25) is 4.79 Å². The molecule has 2 aromatic rings. The molecule has 0 saturated heterocycles. The maximum absolute atomic E-state index is 12.1. The summed E-state index contributed by atoms with van der Waals surface area (Å²) in [5.41, 5.74) is 1.89. The van der Waals surface area contributed by atoms with Crippen LogP contribution in [0.2, 0.25) is 5.02 Å². The van der Waals surface area contributed by atoms with Crippen molar-refractivity contribution >= 4 is 29.3 Å². The van der Waals surface area contributed by atoms with Gasteiger partial charge in [0.25, 0.3) is 5.91 Å². The first-order valence-electron chi connectivity index (χ1n) is 8.02. The van der Waals surface area contributed by atoms with Crippen LogP contribution in [0.25, 0.3) is 0 Å². The fourth-order valence-corrected chi connectivity index (χ4v) is 2.98. The summed E-state index contributed by atoms with van der Waals surface area (Å²) in [5, 5.41) is 3.69. The van der Waals surface area contributed by atoms with E-state index >= 15 is 0 Å².